The van der Waals surface area contributed by atoms with Gasteiger partial charge in [0.15, 0.2) is 5.76 Å². The number of carbonyl (C=O) groups is 2. The Labute approximate surface area is 167 Å². The first-order valence-corrected chi connectivity index (χ1v) is 9.55. The molecule has 1 heterocycles. The van der Waals surface area contributed by atoms with Gasteiger partial charge in [-0.1, -0.05) is 30.7 Å². The van der Waals surface area contributed by atoms with E-state index in [0.717, 1.165) is 17.5 Å². The summed E-state index contributed by atoms with van der Waals surface area (Å²) < 4.78 is 18.7. The third kappa shape index (κ3) is 3.92. The van der Waals surface area contributed by atoms with Crippen LogP contribution in [0.5, 0.6) is 0 Å². The molecule has 4 rings (SSSR count). The molecule has 0 unspecified atom stereocenters. The van der Waals surface area contributed by atoms with Crippen LogP contribution in [0.1, 0.15) is 40.9 Å². The predicted octanol–water partition coefficient (Wildman–Crippen LogP) is 4.41. The molecule has 2 aromatic carbocycles. The molecule has 0 radical (unpaired) electrons. The highest BCUT2D eigenvalue weighted by Gasteiger charge is 2.45. The molecule has 148 valence electrons. The van der Waals surface area contributed by atoms with E-state index in [4.69, 9.17) is 4.42 Å². The molecule has 1 aromatic heterocycles. The van der Waals surface area contributed by atoms with Crippen LogP contribution >= 0.6 is 0 Å². The second-order valence-corrected chi connectivity index (χ2v) is 7.26. The molecule has 0 bridgehead atoms. The Balaban J connectivity index is 1.42. The smallest absolute Gasteiger partial charge is 0.291 e. The lowest BCUT2D eigenvalue weighted by molar-refractivity contribution is -0.130. The lowest BCUT2D eigenvalue weighted by Crippen LogP contribution is -2.49. The second kappa shape index (κ2) is 7.91. The molecule has 2 amide bonds. The van der Waals surface area contributed by atoms with Gasteiger partial charge < -0.3 is 15.1 Å². The van der Waals surface area contributed by atoms with Gasteiger partial charge in [-0.25, -0.2) is 4.39 Å². The van der Waals surface area contributed by atoms with Crippen molar-refractivity contribution in [1.29, 1.82) is 0 Å². The molecule has 0 aliphatic heterocycles. The van der Waals surface area contributed by atoms with Crippen molar-refractivity contribution in [2.75, 3.05) is 5.32 Å². The highest BCUT2D eigenvalue weighted by atomic mass is 19.1. The maximum absolute atomic E-state index is 13.6. The Hall–Kier alpha value is -3.41. The number of furan rings is 1. The van der Waals surface area contributed by atoms with Gasteiger partial charge in [-0.05, 0) is 60.4 Å². The van der Waals surface area contributed by atoms with Gasteiger partial charge in [0.2, 0.25) is 5.91 Å². The zero-order valence-corrected chi connectivity index (χ0v) is 15.8. The Morgan fingerprint density at radius 2 is 1.86 bits per heavy atom. The molecular formula is C23H21FN2O3. The number of hydrogen-bond donors (Lipinski definition) is 2. The monoisotopic (exact) mass is 392 g/mol. The minimum atomic E-state index is -0.660. The topological polar surface area (TPSA) is 71.3 Å². The number of halogens is 1. The van der Waals surface area contributed by atoms with Crippen LogP contribution in [0.2, 0.25) is 0 Å². The molecule has 0 saturated heterocycles. The predicted molar refractivity (Wildman–Crippen MR) is 107 cm³/mol. The van der Waals surface area contributed by atoms with Crippen LogP contribution in [-0.4, -0.2) is 11.8 Å². The zero-order chi connectivity index (χ0) is 20.3. The van der Waals surface area contributed by atoms with Crippen molar-refractivity contribution < 1.29 is 18.4 Å². The van der Waals surface area contributed by atoms with Gasteiger partial charge in [-0.15, -0.1) is 0 Å². The van der Waals surface area contributed by atoms with E-state index in [1.807, 2.05) is 18.2 Å². The summed E-state index contributed by atoms with van der Waals surface area (Å²) in [6, 6.07) is 16.8. The SMILES string of the molecule is O=C(Nc1cccc(CNC(=O)C2(c3cccc(F)c3)CCC2)c1)c1ccco1. The molecule has 1 saturated carbocycles. The second-order valence-electron chi connectivity index (χ2n) is 7.26. The van der Waals surface area contributed by atoms with Crippen molar-refractivity contribution in [3.05, 3.63) is 89.6 Å². The summed E-state index contributed by atoms with van der Waals surface area (Å²) in [6.07, 6.45) is 3.80. The van der Waals surface area contributed by atoms with E-state index >= 15 is 0 Å². The first-order valence-electron chi connectivity index (χ1n) is 9.55. The summed E-state index contributed by atoms with van der Waals surface area (Å²) in [5.41, 5.74) is 1.53. The molecule has 1 aliphatic carbocycles. The third-order valence-corrected chi connectivity index (χ3v) is 5.40. The fraction of sp³-hybridized carbons (Fsp3) is 0.217. The van der Waals surface area contributed by atoms with Crippen LogP contribution in [0.25, 0.3) is 0 Å². The largest absolute Gasteiger partial charge is 0.459 e. The van der Waals surface area contributed by atoms with Gasteiger partial charge >= 0.3 is 0 Å². The van der Waals surface area contributed by atoms with Crippen LogP contribution in [0.4, 0.5) is 10.1 Å². The number of amides is 2. The van der Waals surface area contributed by atoms with E-state index < -0.39 is 5.41 Å². The Morgan fingerprint density at radius 1 is 1.03 bits per heavy atom. The summed E-state index contributed by atoms with van der Waals surface area (Å²) in [7, 11) is 0. The van der Waals surface area contributed by atoms with Crippen molar-refractivity contribution in [3.8, 4) is 0 Å². The summed E-state index contributed by atoms with van der Waals surface area (Å²) in [6.45, 7) is 0.320. The third-order valence-electron chi connectivity index (χ3n) is 5.40. The molecule has 0 atom stereocenters. The van der Waals surface area contributed by atoms with E-state index in [9.17, 15) is 14.0 Å². The van der Waals surface area contributed by atoms with E-state index in [1.54, 1.807) is 30.3 Å². The molecule has 0 spiro atoms. The van der Waals surface area contributed by atoms with Gasteiger partial charge in [-0.2, -0.15) is 0 Å². The molecule has 1 fully saturated rings. The van der Waals surface area contributed by atoms with E-state index in [0.29, 0.717) is 25.1 Å². The molecule has 6 heteroatoms. The van der Waals surface area contributed by atoms with Crippen LogP contribution in [-0.2, 0) is 16.8 Å². The standard InChI is InChI=1S/C23H21FN2O3/c24-18-7-2-6-17(14-18)23(10-4-11-23)22(28)25-15-16-5-1-8-19(13-16)26-21(27)20-9-3-12-29-20/h1-3,5-9,12-14H,4,10-11,15H2,(H,25,28)(H,26,27). The number of nitrogens with one attached hydrogen (secondary N) is 2. The highest BCUT2D eigenvalue weighted by Crippen LogP contribution is 2.44. The molecule has 29 heavy (non-hydrogen) atoms. The molecular weight excluding hydrogens is 371 g/mol. The van der Waals surface area contributed by atoms with E-state index in [1.165, 1.54) is 18.4 Å². The van der Waals surface area contributed by atoms with Crippen LogP contribution in [0, 0.1) is 5.82 Å². The van der Waals surface area contributed by atoms with Gasteiger partial charge in [0, 0.05) is 12.2 Å². The summed E-state index contributed by atoms with van der Waals surface area (Å²) in [5.74, 6) is -0.539. The van der Waals surface area contributed by atoms with Crippen molar-refractivity contribution >= 4 is 17.5 Å². The van der Waals surface area contributed by atoms with Crippen molar-refractivity contribution in [1.82, 2.24) is 5.32 Å². The maximum atomic E-state index is 13.6. The number of hydrogen-bond acceptors (Lipinski definition) is 3. The van der Waals surface area contributed by atoms with Gasteiger partial charge in [-0.3, -0.25) is 9.59 Å². The van der Waals surface area contributed by atoms with Gasteiger partial charge in [0.25, 0.3) is 5.91 Å². The molecule has 3 aromatic rings. The average Bonchev–Trinajstić information content (AvgIpc) is 3.21. The minimum absolute atomic E-state index is 0.0978. The summed E-state index contributed by atoms with van der Waals surface area (Å²) in [5, 5.41) is 5.75. The first kappa shape index (κ1) is 18.9. The fourth-order valence-electron chi connectivity index (χ4n) is 3.67. The van der Waals surface area contributed by atoms with Crippen LogP contribution in [0.15, 0.2) is 71.3 Å². The lowest BCUT2D eigenvalue weighted by atomic mass is 9.64. The Bertz CT molecular complexity index is 1030. The molecule has 2 N–H and O–H groups in total. The van der Waals surface area contributed by atoms with Crippen LogP contribution in [0.3, 0.4) is 0 Å². The van der Waals surface area contributed by atoms with E-state index in [2.05, 4.69) is 10.6 Å². The van der Waals surface area contributed by atoms with E-state index in [-0.39, 0.29) is 23.4 Å². The quantitative estimate of drug-likeness (QED) is 0.653. The molecule has 5 nitrogen and oxygen atoms in total. The zero-order valence-electron chi connectivity index (χ0n) is 15.8. The highest BCUT2D eigenvalue weighted by molar-refractivity contribution is 6.02. The number of anilines is 1. The van der Waals surface area contributed by atoms with Crippen LogP contribution < -0.4 is 10.6 Å². The number of carbonyl (C=O) groups excluding carboxylic acids is 2. The van der Waals surface area contributed by atoms with Gasteiger partial charge in [0.05, 0.1) is 11.7 Å². The average molecular weight is 392 g/mol. The fourth-order valence-corrected chi connectivity index (χ4v) is 3.67. The first-order chi connectivity index (χ1) is 14.1. The number of rotatable bonds is 6. The van der Waals surface area contributed by atoms with Crippen molar-refractivity contribution in [2.45, 2.75) is 31.2 Å². The summed E-state index contributed by atoms with van der Waals surface area (Å²) >= 11 is 0. The maximum Gasteiger partial charge on any atom is 0.291 e. The van der Waals surface area contributed by atoms with Gasteiger partial charge in [0.1, 0.15) is 5.82 Å². The number of benzene rings is 2. The van der Waals surface area contributed by atoms with Crippen molar-refractivity contribution in [2.24, 2.45) is 0 Å². The van der Waals surface area contributed by atoms with Crippen molar-refractivity contribution in [3.63, 3.8) is 0 Å². The lowest BCUT2D eigenvalue weighted by Gasteiger charge is -2.40. The summed E-state index contributed by atoms with van der Waals surface area (Å²) in [4.78, 5) is 25.0. The minimum Gasteiger partial charge on any atom is -0.459 e. The normalized spacial score (nSPS) is 14.7. The molecule has 1 aliphatic rings. The Morgan fingerprint density at radius 3 is 2.55 bits per heavy atom. The Kier molecular flexibility index (Phi) is 5.16.